The maximum Gasteiger partial charge on any atom is 0.446 e. The van der Waals surface area contributed by atoms with Crippen molar-refractivity contribution in [3.8, 4) is 11.6 Å². The Kier molecular flexibility index (Phi) is 7.12. The lowest BCUT2D eigenvalue weighted by atomic mass is 10.2. The molecule has 1 saturated heterocycles. The van der Waals surface area contributed by atoms with E-state index in [9.17, 15) is 31.5 Å². The molecule has 0 radical (unpaired) electrons. The molecule has 0 atom stereocenters. The van der Waals surface area contributed by atoms with E-state index in [1.807, 2.05) is 0 Å². The third kappa shape index (κ3) is 6.17. The number of pyridine rings is 1. The first-order valence-electron chi connectivity index (χ1n) is 10.2. The van der Waals surface area contributed by atoms with Crippen molar-refractivity contribution in [2.24, 2.45) is 0 Å². The highest BCUT2D eigenvalue weighted by molar-refractivity contribution is 8.00. The maximum absolute atomic E-state index is 12.9. The van der Waals surface area contributed by atoms with E-state index in [1.165, 1.54) is 51.6 Å². The highest BCUT2D eigenvalue weighted by atomic mass is 32.2. The minimum atomic E-state index is -4.44. The second-order valence-electron chi connectivity index (χ2n) is 7.44. The number of hydrogen-bond donors (Lipinski definition) is 2. The van der Waals surface area contributed by atoms with Gasteiger partial charge in [0, 0.05) is 24.2 Å². The van der Waals surface area contributed by atoms with Crippen LogP contribution in [0.1, 0.15) is 5.56 Å². The van der Waals surface area contributed by atoms with Gasteiger partial charge in [-0.15, -0.1) is 0 Å². The van der Waals surface area contributed by atoms with Gasteiger partial charge in [-0.3, -0.25) is 9.29 Å². The molecule has 2 aromatic heterocycles. The van der Waals surface area contributed by atoms with Crippen molar-refractivity contribution in [2.75, 3.05) is 31.0 Å². The molecule has 0 bridgehead atoms. The summed E-state index contributed by atoms with van der Waals surface area (Å²) in [6, 6.07) is 8.03. The van der Waals surface area contributed by atoms with Crippen molar-refractivity contribution >= 4 is 27.8 Å². The molecule has 35 heavy (non-hydrogen) atoms. The van der Waals surface area contributed by atoms with Gasteiger partial charge in [-0.2, -0.15) is 25.9 Å². The van der Waals surface area contributed by atoms with E-state index >= 15 is 0 Å². The normalized spacial score (nSPS) is 15.3. The quantitative estimate of drug-likeness (QED) is 0.450. The predicted molar refractivity (Wildman–Crippen MR) is 122 cm³/mol. The zero-order chi connectivity index (χ0) is 25.2. The molecule has 3 aromatic rings. The molecule has 0 unspecified atom stereocenters. The van der Waals surface area contributed by atoms with Crippen molar-refractivity contribution in [1.29, 1.82) is 0 Å². The molecule has 0 spiro atoms. The van der Waals surface area contributed by atoms with E-state index < -0.39 is 27.3 Å². The van der Waals surface area contributed by atoms with E-state index in [2.05, 4.69) is 9.71 Å². The van der Waals surface area contributed by atoms with E-state index in [1.54, 1.807) is 6.07 Å². The van der Waals surface area contributed by atoms with Crippen LogP contribution in [-0.2, 0) is 21.5 Å². The van der Waals surface area contributed by atoms with Gasteiger partial charge in [0.2, 0.25) is 5.88 Å². The van der Waals surface area contributed by atoms with Crippen LogP contribution in [0.3, 0.4) is 0 Å². The fourth-order valence-corrected chi connectivity index (χ4v) is 5.11. The Hall–Kier alpha value is -3.01. The van der Waals surface area contributed by atoms with Gasteiger partial charge in [0.25, 0.3) is 0 Å². The molecule has 4 rings (SSSR count). The summed E-state index contributed by atoms with van der Waals surface area (Å²) in [6.07, 6.45) is 2.56. The number of imidazole rings is 1. The number of benzene rings is 1. The Bertz CT molecular complexity index is 1350. The number of halogens is 3. The van der Waals surface area contributed by atoms with Gasteiger partial charge in [-0.1, -0.05) is 0 Å². The zero-order valence-electron chi connectivity index (χ0n) is 18.0. The van der Waals surface area contributed by atoms with E-state index in [-0.39, 0.29) is 47.8 Å². The molecule has 188 valence electrons. The summed E-state index contributed by atoms with van der Waals surface area (Å²) in [5, 5.41) is 10.3. The van der Waals surface area contributed by atoms with Crippen LogP contribution in [0.15, 0.2) is 58.5 Å². The Morgan fingerprint density at radius 3 is 2.49 bits per heavy atom. The van der Waals surface area contributed by atoms with E-state index in [4.69, 9.17) is 4.74 Å². The van der Waals surface area contributed by atoms with E-state index in [0.29, 0.717) is 18.8 Å². The van der Waals surface area contributed by atoms with Crippen molar-refractivity contribution in [2.45, 2.75) is 16.9 Å². The molecule has 1 fully saturated rings. The Morgan fingerprint density at radius 2 is 1.83 bits per heavy atom. The summed E-state index contributed by atoms with van der Waals surface area (Å²) in [6.45, 7) is 1.000. The minimum Gasteiger partial charge on any atom is -0.493 e. The first-order chi connectivity index (χ1) is 16.5. The summed E-state index contributed by atoms with van der Waals surface area (Å²) in [5.41, 5.74) is -4.36. The summed E-state index contributed by atoms with van der Waals surface area (Å²) >= 11 is -0.285. The van der Waals surface area contributed by atoms with Crippen LogP contribution in [-0.4, -0.2) is 63.8 Å². The number of alkyl halides is 3. The number of nitrogens with zero attached hydrogens (tertiary/aromatic N) is 4. The summed E-state index contributed by atoms with van der Waals surface area (Å²) in [4.78, 5) is 16.8. The van der Waals surface area contributed by atoms with Crippen LogP contribution in [0.25, 0.3) is 5.69 Å². The molecule has 0 saturated carbocycles. The van der Waals surface area contributed by atoms with Gasteiger partial charge in [-0.25, -0.2) is 14.3 Å². The molecule has 1 aliphatic rings. The summed E-state index contributed by atoms with van der Waals surface area (Å²) < 4.78 is 73.6. The largest absolute Gasteiger partial charge is 0.493 e. The topological polar surface area (TPSA) is 119 Å². The number of aromatic hydroxyl groups is 1. The Labute approximate surface area is 202 Å². The zero-order valence-corrected chi connectivity index (χ0v) is 19.6. The van der Waals surface area contributed by atoms with Gasteiger partial charge in [0.05, 0.1) is 31.6 Å². The van der Waals surface area contributed by atoms with Gasteiger partial charge < -0.3 is 9.84 Å². The first-order valence-corrected chi connectivity index (χ1v) is 12.5. The van der Waals surface area contributed by atoms with Crippen LogP contribution >= 0.6 is 11.8 Å². The number of nitrogens with one attached hydrogen (secondary N) is 1. The monoisotopic (exact) mass is 531 g/mol. The fraction of sp³-hybridized carbons (Fsp3) is 0.300. The van der Waals surface area contributed by atoms with Crippen LogP contribution in [0.4, 0.5) is 19.0 Å². The molecule has 0 amide bonds. The molecule has 10 nitrogen and oxygen atoms in total. The van der Waals surface area contributed by atoms with Crippen LogP contribution in [0, 0.1) is 0 Å². The van der Waals surface area contributed by atoms with Gasteiger partial charge in [0.1, 0.15) is 5.82 Å². The number of rotatable bonds is 7. The van der Waals surface area contributed by atoms with Gasteiger partial charge >= 0.3 is 21.4 Å². The maximum atomic E-state index is 12.9. The summed E-state index contributed by atoms with van der Waals surface area (Å²) in [7, 11) is -3.83. The number of ether oxygens (including phenoxy) is 1. The second kappa shape index (κ2) is 9.93. The molecule has 2 N–H and O–H groups in total. The highest BCUT2D eigenvalue weighted by Gasteiger charge is 2.29. The average molecular weight is 532 g/mol. The molecular weight excluding hydrogens is 511 g/mol. The molecular formula is C20H20F3N5O5S2. The summed E-state index contributed by atoms with van der Waals surface area (Å²) in [5.74, 6) is -0.350. The third-order valence-electron chi connectivity index (χ3n) is 4.99. The highest BCUT2D eigenvalue weighted by Crippen LogP contribution is 2.37. The number of hydrogen-bond acceptors (Lipinski definition) is 7. The minimum absolute atomic E-state index is 0.0177. The second-order valence-corrected chi connectivity index (χ2v) is 10.3. The smallest absolute Gasteiger partial charge is 0.446 e. The fourth-order valence-electron chi connectivity index (χ4n) is 3.44. The van der Waals surface area contributed by atoms with Crippen molar-refractivity contribution in [3.05, 3.63) is 64.8 Å². The number of thioether (sulfide) groups is 1. The lowest BCUT2D eigenvalue weighted by Gasteiger charge is -2.26. The molecule has 15 heteroatoms. The van der Waals surface area contributed by atoms with Crippen molar-refractivity contribution in [3.63, 3.8) is 0 Å². The number of aromatic nitrogens is 3. The lowest BCUT2D eigenvalue weighted by Crippen LogP contribution is -2.43. The molecule has 3 heterocycles. The molecule has 0 aliphatic carbocycles. The van der Waals surface area contributed by atoms with Gasteiger partial charge in [0.15, 0.2) is 0 Å². The first kappa shape index (κ1) is 25.1. The Balaban J connectivity index is 1.52. The van der Waals surface area contributed by atoms with Crippen LogP contribution < -0.4 is 10.4 Å². The van der Waals surface area contributed by atoms with Crippen LogP contribution in [0.2, 0.25) is 0 Å². The van der Waals surface area contributed by atoms with Crippen LogP contribution in [0.5, 0.6) is 5.88 Å². The SMILES string of the molecule is O=c1n(Cc2ccnc(NS(=O)(=O)N3CCOCC3)c2)cc(O)n1-c1ccc(SC(F)(F)F)cc1. The standard InChI is InChI=1S/C20H20F3N5O5S2/c21-20(22,23)34-16-3-1-15(2-4-16)28-18(29)13-26(19(28)30)12-14-5-6-24-17(11-14)25-35(31,32)27-7-9-33-10-8-27/h1-6,11,13,29H,7-10,12H2,(H,24,25). The third-order valence-corrected chi connectivity index (χ3v) is 7.24. The average Bonchev–Trinajstić information content (AvgIpc) is 3.06. The molecule has 1 aliphatic heterocycles. The Morgan fingerprint density at radius 1 is 1.14 bits per heavy atom. The predicted octanol–water partition coefficient (Wildman–Crippen LogP) is 2.39. The lowest BCUT2D eigenvalue weighted by molar-refractivity contribution is -0.0328. The van der Waals surface area contributed by atoms with E-state index in [0.717, 1.165) is 4.57 Å². The van der Waals surface area contributed by atoms with Crippen molar-refractivity contribution in [1.82, 2.24) is 18.4 Å². The molecule has 1 aromatic carbocycles. The number of morpholine rings is 1. The van der Waals surface area contributed by atoms with Crippen molar-refractivity contribution < 1.29 is 31.4 Å². The number of anilines is 1. The van der Waals surface area contributed by atoms with Gasteiger partial charge in [-0.05, 0) is 53.7 Å².